The Balaban J connectivity index is 1.60. The Labute approximate surface area is 161 Å². The van der Waals surface area contributed by atoms with Crippen molar-refractivity contribution in [2.24, 2.45) is 10.7 Å². The molecule has 2 saturated heterocycles. The highest BCUT2D eigenvalue weighted by atomic mass is 19.1. The SMILES string of the molecule is CCN1CCCC1CNC(N)=NCC(c1ccc(F)cc1)N1CCOCC1. The Hall–Kier alpha value is -1.70. The maximum absolute atomic E-state index is 13.3. The molecule has 0 radical (unpaired) electrons. The van der Waals surface area contributed by atoms with Crippen LogP contribution >= 0.6 is 0 Å². The van der Waals surface area contributed by atoms with Crippen LogP contribution in [0.4, 0.5) is 4.39 Å². The molecular weight excluding hydrogens is 345 g/mol. The molecule has 2 heterocycles. The molecule has 150 valence electrons. The summed E-state index contributed by atoms with van der Waals surface area (Å²) in [5, 5.41) is 3.29. The van der Waals surface area contributed by atoms with E-state index in [1.54, 1.807) is 0 Å². The van der Waals surface area contributed by atoms with Crippen LogP contribution in [0, 0.1) is 5.82 Å². The molecule has 2 unspecified atom stereocenters. The van der Waals surface area contributed by atoms with Crippen molar-refractivity contribution in [1.82, 2.24) is 15.1 Å². The summed E-state index contributed by atoms with van der Waals surface area (Å²) in [6.45, 7) is 8.95. The van der Waals surface area contributed by atoms with E-state index in [0.717, 1.165) is 31.7 Å². The lowest BCUT2D eigenvalue weighted by atomic mass is 10.0. The van der Waals surface area contributed by atoms with E-state index in [2.05, 4.69) is 27.0 Å². The predicted molar refractivity (Wildman–Crippen MR) is 106 cm³/mol. The summed E-state index contributed by atoms with van der Waals surface area (Å²) >= 11 is 0. The summed E-state index contributed by atoms with van der Waals surface area (Å²) in [5.74, 6) is 0.263. The molecule has 0 saturated carbocycles. The smallest absolute Gasteiger partial charge is 0.188 e. The Morgan fingerprint density at radius 2 is 2.04 bits per heavy atom. The van der Waals surface area contributed by atoms with Gasteiger partial charge in [0.15, 0.2) is 5.96 Å². The largest absolute Gasteiger partial charge is 0.379 e. The molecule has 2 atom stereocenters. The van der Waals surface area contributed by atoms with Crippen molar-refractivity contribution in [3.05, 3.63) is 35.6 Å². The van der Waals surface area contributed by atoms with E-state index in [1.165, 1.54) is 31.5 Å². The van der Waals surface area contributed by atoms with E-state index in [1.807, 2.05) is 12.1 Å². The number of morpholine rings is 1. The minimum atomic E-state index is -0.221. The number of aliphatic imine (C=N–C) groups is 1. The van der Waals surface area contributed by atoms with Crippen LogP contribution in [-0.2, 0) is 4.74 Å². The zero-order valence-corrected chi connectivity index (χ0v) is 16.2. The van der Waals surface area contributed by atoms with Crippen molar-refractivity contribution < 1.29 is 9.13 Å². The van der Waals surface area contributed by atoms with Crippen LogP contribution in [0.2, 0.25) is 0 Å². The second kappa shape index (κ2) is 10.0. The molecule has 1 aromatic carbocycles. The fourth-order valence-electron chi connectivity index (χ4n) is 4.01. The maximum Gasteiger partial charge on any atom is 0.188 e. The average molecular weight is 378 g/mol. The average Bonchev–Trinajstić information content (AvgIpc) is 3.16. The van der Waals surface area contributed by atoms with Crippen molar-refractivity contribution in [3.8, 4) is 0 Å². The van der Waals surface area contributed by atoms with Crippen LogP contribution in [0.1, 0.15) is 31.4 Å². The summed E-state index contributed by atoms with van der Waals surface area (Å²) in [7, 11) is 0. The van der Waals surface area contributed by atoms with Gasteiger partial charge in [-0.3, -0.25) is 14.8 Å². The number of likely N-dealkylation sites (tertiary alicyclic amines) is 1. The first kappa shape index (κ1) is 20.0. The molecule has 0 amide bonds. The Kier molecular flexibility index (Phi) is 7.43. The Bertz CT molecular complexity index is 603. The highest BCUT2D eigenvalue weighted by Crippen LogP contribution is 2.22. The van der Waals surface area contributed by atoms with Crippen LogP contribution < -0.4 is 11.1 Å². The number of hydrogen-bond donors (Lipinski definition) is 2. The van der Waals surface area contributed by atoms with E-state index < -0.39 is 0 Å². The normalized spacial score (nSPS) is 23.5. The van der Waals surface area contributed by atoms with Gasteiger partial charge in [-0.15, -0.1) is 0 Å². The van der Waals surface area contributed by atoms with Crippen LogP contribution in [0.3, 0.4) is 0 Å². The number of nitrogens with zero attached hydrogens (tertiary/aromatic N) is 3. The molecule has 3 rings (SSSR count). The quantitative estimate of drug-likeness (QED) is 0.558. The van der Waals surface area contributed by atoms with Crippen molar-refractivity contribution >= 4 is 5.96 Å². The van der Waals surface area contributed by atoms with Crippen LogP contribution in [0.15, 0.2) is 29.3 Å². The van der Waals surface area contributed by atoms with E-state index >= 15 is 0 Å². The van der Waals surface area contributed by atoms with Gasteiger partial charge in [-0.05, 0) is 43.6 Å². The number of halogens is 1. The highest BCUT2D eigenvalue weighted by molar-refractivity contribution is 5.77. The zero-order chi connectivity index (χ0) is 19.1. The first-order valence-electron chi connectivity index (χ1n) is 10.0. The second-order valence-corrected chi connectivity index (χ2v) is 7.25. The lowest BCUT2D eigenvalue weighted by Crippen LogP contribution is -2.43. The number of guanidine groups is 1. The molecule has 1 aromatic rings. The highest BCUT2D eigenvalue weighted by Gasteiger charge is 2.24. The van der Waals surface area contributed by atoms with Gasteiger partial charge in [0.1, 0.15) is 5.82 Å². The van der Waals surface area contributed by atoms with Crippen molar-refractivity contribution in [1.29, 1.82) is 0 Å². The summed E-state index contributed by atoms with van der Waals surface area (Å²) in [6.07, 6.45) is 2.46. The van der Waals surface area contributed by atoms with Gasteiger partial charge in [0.25, 0.3) is 0 Å². The second-order valence-electron chi connectivity index (χ2n) is 7.25. The number of nitrogens with one attached hydrogen (secondary N) is 1. The summed E-state index contributed by atoms with van der Waals surface area (Å²) in [5.41, 5.74) is 7.19. The Morgan fingerprint density at radius 1 is 1.30 bits per heavy atom. The third-order valence-corrected chi connectivity index (χ3v) is 5.60. The van der Waals surface area contributed by atoms with Crippen LogP contribution in [0.25, 0.3) is 0 Å². The molecule has 3 N–H and O–H groups in total. The maximum atomic E-state index is 13.3. The zero-order valence-electron chi connectivity index (χ0n) is 16.2. The monoisotopic (exact) mass is 377 g/mol. The molecule has 2 aliphatic heterocycles. The van der Waals surface area contributed by atoms with Crippen molar-refractivity contribution in [2.45, 2.75) is 31.8 Å². The minimum Gasteiger partial charge on any atom is -0.379 e. The fraction of sp³-hybridized carbons (Fsp3) is 0.650. The number of hydrogen-bond acceptors (Lipinski definition) is 4. The third kappa shape index (κ3) is 5.64. The molecule has 0 bridgehead atoms. The molecule has 2 aliphatic rings. The first-order chi connectivity index (χ1) is 13.2. The third-order valence-electron chi connectivity index (χ3n) is 5.60. The van der Waals surface area contributed by atoms with E-state index in [-0.39, 0.29) is 11.9 Å². The van der Waals surface area contributed by atoms with Crippen molar-refractivity contribution in [3.63, 3.8) is 0 Å². The lowest BCUT2D eigenvalue weighted by molar-refractivity contribution is 0.0179. The van der Waals surface area contributed by atoms with Gasteiger partial charge < -0.3 is 15.8 Å². The summed E-state index contributed by atoms with van der Waals surface area (Å²) in [6, 6.07) is 7.31. The van der Waals surface area contributed by atoms with Gasteiger partial charge in [-0.25, -0.2) is 4.39 Å². The molecule has 6 nitrogen and oxygen atoms in total. The van der Waals surface area contributed by atoms with Crippen molar-refractivity contribution in [2.75, 3.05) is 52.5 Å². The predicted octanol–water partition coefficient (Wildman–Crippen LogP) is 1.59. The standard InChI is InChI=1S/C20H32FN5O/c1-2-25-9-3-4-18(25)14-23-20(22)24-15-19(26-10-12-27-13-11-26)16-5-7-17(21)8-6-16/h5-8,18-19H,2-4,9-15H2,1H3,(H3,22,23,24). The molecule has 2 fully saturated rings. The van der Waals surface area contributed by atoms with E-state index in [4.69, 9.17) is 10.5 Å². The molecule has 27 heavy (non-hydrogen) atoms. The number of nitrogens with two attached hydrogens (primary N) is 1. The molecule has 0 spiro atoms. The molecule has 0 aromatic heterocycles. The number of rotatable bonds is 7. The van der Waals surface area contributed by atoms with E-state index in [9.17, 15) is 4.39 Å². The molecular formula is C20H32FN5O. The summed E-state index contributed by atoms with van der Waals surface area (Å²) in [4.78, 5) is 9.42. The van der Waals surface area contributed by atoms with Crippen LogP contribution in [0.5, 0.6) is 0 Å². The van der Waals surface area contributed by atoms with E-state index in [0.29, 0.717) is 31.8 Å². The first-order valence-corrected chi connectivity index (χ1v) is 10.0. The number of benzene rings is 1. The number of ether oxygens (including phenoxy) is 1. The van der Waals surface area contributed by atoms with Gasteiger partial charge >= 0.3 is 0 Å². The van der Waals surface area contributed by atoms with Gasteiger partial charge in [-0.2, -0.15) is 0 Å². The molecule has 7 heteroatoms. The fourth-order valence-corrected chi connectivity index (χ4v) is 4.01. The van der Waals surface area contributed by atoms with Gasteiger partial charge in [0.2, 0.25) is 0 Å². The van der Waals surface area contributed by atoms with Crippen LogP contribution in [-0.4, -0.2) is 74.3 Å². The summed E-state index contributed by atoms with van der Waals surface area (Å²) < 4.78 is 18.8. The van der Waals surface area contributed by atoms with Gasteiger partial charge in [0.05, 0.1) is 25.8 Å². The molecule has 0 aliphatic carbocycles. The topological polar surface area (TPSA) is 66.1 Å². The van der Waals surface area contributed by atoms with Gasteiger partial charge in [0, 0.05) is 25.7 Å². The Morgan fingerprint density at radius 3 is 2.74 bits per heavy atom. The lowest BCUT2D eigenvalue weighted by Gasteiger charge is -2.34. The van der Waals surface area contributed by atoms with Gasteiger partial charge in [-0.1, -0.05) is 19.1 Å². The minimum absolute atomic E-state index is 0.0773. The number of likely N-dealkylation sites (N-methyl/N-ethyl adjacent to an activating group) is 1.